The summed E-state index contributed by atoms with van der Waals surface area (Å²) in [6.07, 6.45) is 2.69. The first-order chi connectivity index (χ1) is 12.0. The molecule has 0 amide bonds. The van der Waals surface area contributed by atoms with E-state index in [-0.39, 0.29) is 30.2 Å². The number of allylic oxidation sites excluding steroid dienone is 3. The highest BCUT2D eigenvalue weighted by Crippen LogP contribution is 2.56. The second-order valence-electron chi connectivity index (χ2n) is 5.93. The highest BCUT2D eigenvalue weighted by molar-refractivity contribution is 6.09. The minimum Gasteiger partial charge on any atom is -0.503 e. The van der Waals surface area contributed by atoms with Crippen molar-refractivity contribution in [2.24, 2.45) is 15.5 Å². The Kier molecular flexibility index (Phi) is 3.01. The molecule has 0 saturated heterocycles. The van der Waals surface area contributed by atoms with E-state index >= 15 is 0 Å². The standard InChI is InChI=1S/C16H9N3O6/c20-12-3-7-5-16(19-24)6-25-15-8(1-2-10(17-22)14(15)21)13(16)9(7)4-11(12)18-23/h1-4,21H,5-6H2. The Hall–Kier alpha value is -3.49. The lowest BCUT2D eigenvalue weighted by molar-refractivity contribution is -0.111. The molecule has 3 aliphatic rings. The summed E-state index contributed by atoms with van der Waals surface area (Å²) in [6.45, 7) is -0.179. The van der Waals surface area contributed by atoms with E-state index in [4.69, 9.17) is 4.74 Å². The highest BCUT2D eigenvalue weighted by atomic mass is 16.5. The van der Waals surface area contributed by atoms with Crippen molar-refractivity contribution in [3.05, 3.63) is 61.4 Å². The molecular weight excluding hydrogens is 330 g/mol. The molecule has 25 heavy (non-hydrogen) atoms. The number of carbonyl (C=O) groups is 1. The zero-order chi connectivity index (χ0) is 17.8. The van der Waals surface area contributed by atoms with Gasteiger partial charge in [0.1, 0.15) is 6.61 Å². The number of aromatic hydroxyl groups is 1. The summed E-state index contributed by atoms with van der Waals surface area (Å²) < 4.78 is 5.50. The number of benzene rings is 1. The van der Waals surface area contributed by atoms with Crippen molar-refractivity contribution in [3.8, 4) is 11.5 Å². The number of ether oxygens (including phenoxy) is 1. The number of hydrogen-bond donors (Lipinski definition) is 1. The smallest absolute Gasteiger partial charge is 0.208 e. The fraction of sp³-hybridized carbons (Fsp3) is 0.188. The molecule has 0 saturated carbocycles. The first kappa shape index (κ1) is 15.1. The fourth-order valence-electron chi connectivity index (χ4n) is 3.51. The molecule has 1 aromatic rings. The van der Waals surface area contributed by atoms with Gasteiger partial charge in [0.05, 0.1) is 0 Å². The molecule has 1 atom stereocenters. The predicted molar refractivity (Wildman–Crippen MR) is 86.1 cm³/mol. The lowest BCUT2D eigenvalue weighted by Crippen LogP contribution is -2.36. The molecular formula is C16H9N3O6. The highest BCUT2D eigenvalue weighted by Gasteiger charge is 2.51. The van der Waals surface area contributed by atoms with Crippen molar-refractivity contribution in [2.45, 2.75) is 12.0 Å². The van der Waals surface area contributed by atoms with Gasteiger partial charge < -0.3 is 9.84 Å². The summed E-state index contributed by atoms with van der Waals surface area (Å²) in [5.41, 5.74) is 0.0310. The monoisotopic (exact) mass is 339 g/mol. The topological polar surface area (TPSA) is 135 Å². The maximum Gasteiger partial charge on any atom is 0.208 e. The van der Waals surface area contributed by atoms with Crippen LogP contribution in [0.5, 0.6) is 11.5 Å². The molecule has 0 aromatic heterocycles. The molecule has 1 heterocycles. The molecule has 9 heteroatoms. The number of rotatable bonds is 3. The van der Waals surface area contributed by atoms with Crippen LogP contribution in [0.1, 0.15) is 12.0 Å². The van der Waals surface area contributed by atoms with Crippen LogP contribution in [-0.2, 0) is 4.79 Å². The van der Waals surface area contributed by atoms with Crippen molar-refractivity contribution < 1.29 is 14.6 Å². The van der Waals surface area contributed by atoms with E-state index in [1.54, 1.807) is 0 Å². The van der Waals surface area contributed by atoms with Gasteiger partial charge in [-0.05, 0) is 45.8 Å². The third kappa shape index (κ3) is 1.86. The summed E-state index contributed by atoms with van der Waals surface area (Å²) in [5, 5.41) is 18.8. The van der Waals surface area contributed by atoms with Crippen LogP contribution in [-0.4, -0.2) is 23.0 Å². The predicted octanol–water partition coefficient (Wildman–Crippen LogP) is 3.00. The SMILES string of the molecule is O=NC1=CC2=C3c4ccc(N=O)c(O)c4OCC3(N=O)CC2=CC1=O. The molecule has 0 radical (unpaired) electrons. The molecule has 9 nitrogen and oxygen atoms in total. The number of phenolic OH excluding ortho intramolecular Hbond substituents is 1. The quantitative estimate of drug-likeness (QED) is 0.841. The van der Waals surface area contributed by atoms with Gasteiger partial charge in [-0.3, -0.25) is 4.79 Å². The Bertz CT molecular complexity index is 974. The number of phenols is 1. The number of hydrogen-bond acceptors (Lipinski definition) is 9. The van der Waals surface area contributed by atoms with E-state index in [0.29, 0.717) is 22.3 Å². The van der Waals surface area contributed by atoms with Gasteiger partial charge >= 0.3 is 0 Å². The van der Waals surface area contributed by atoms with Crippen LogP contribution in [0.25, 0.3) is 5.57 Å². The van der Waals surface area contributed by atoms with Gasteiger partial charge in [-0.15, -0.1) is 14.7 Å². The summed E-state index contributed by atoms with van der Waals surface area (Å²) in [6, 6.07) is 2.77. The second kappa shape index (κ2) is 5.00. The van der Waals surface area contributed by atoms with Gasteiger partial charge in [0, 0.05) is 17.6 Å². The van der Waals surface area contributed by atoms with E-state index in [0.717, 1.165) is 0 Å². The Morgan fingerprint density at radius 2 is 1.92 bits per heavy atom. The largest absolute Gasteiger partial charge is 0.503 e. The molecule has 1 aliphatic heterocycles. The molecule has 2 aliphatic carbocycles. The van der Waals surface area contributed by atoms with Crippen LogP contribution in [0.3, 0.4) is 0 Å². The minimum absolute atomic E-state index is 0.00559. The van der Waals surface area contributed by atoms with Crippen molar-refractivity contribution in [2.75, 3.05) is 6.61 Å². The van der Waals surface area contributed by atoms with E-state index in [1.807, 2.05) is 0 Å². The second-order valence-corrected chi connectivity index (χ2v) is 5.93. The van der Waals surface area contributed by atoms with Gasteiger partial charge in [0.15, 0.2) is 28.4 Å². The Labute approximate surface area is 139 Å². The molecule has 0 fully saturated rings. The maximum atomic E-state index is 11.9. The van der Waals surface area contributed by atoms with Gasteiger partial charge in [0.2, 0.25) is 5.78 Å². The van der Waals surface area contributed by atoms with Crippen LogP contribution >= 0.6 is 0 Å². The third-order valence-corrected chi connectivity index (χ3v) is 4.61. The number of fused-ring (bicyclic) bond motifs is 4. The van der Waals surface area contributed by atoms with Crippen molar-refractivity contribution >= 4 is 17.0 Å². The molecule has 0 bridgehead atoms. The molecule has 0 spiro atoms. The summed E-state index contributed by atoms with van der Waals surface area (Å²) >= 11 is 0. The van der Waals surface area contributed by atoms with Crippen LogP contribution in [0.2, 0.25) is 0 Å². The van der Waals surface area contributed by atoms with E-state index in [2.05, 4.69) is 15.5 Å². The Morgan fingerprint density at radius 3 is 2.60 bits per heavy atom. The summed E-state index contributed by atoms with van der Waals surface area (Å²) in [7, 11) is 0. The van der Waals surface area contributed by atoms with Crippen LogP contribution in [0.15, 0.2) is 56.7 Å². The Morgan fingerprint density at radius 1 is 1.12 bits per heavy atom. The average molecular weight is 339 g/mol. The fourth-order valence-corrected chi connectivity index (χ4v) is 3.51. The van der Waals surface area contributed by atoms with E-state index in [9.17, 15) is 24.6 Å². The van der Waals surface area contributed by atoms with E-state index in [1.165, 1.54) is 24.3 Å². The van der Waals surface area contributed by atoms with Gasteiger partial charge in [-0.2, -0.15) is 0 Å². The number of ketones is 1. The lowest BCUT2D eigenvalue weighted by atomic mass is 9.84. The van der Waals surface area contributed by atoms with Crippen LogP contribution < -0.4 is 4.74 Å². The van der Waals surface area contributed by atoms with Crippen molar-refractivity contribution in [1.29, 1.82) is 0 Å². The minimum atomic E-state index is -1.29. The molecule has 4 rings (SSSR count). The molecule has 1 unspecified atom stereocenters. The molecule has 124 valence electrons. The number of carbonyl (C=O) groups excluding carboxylic acids is 1. The zero-order valence-electron chi connectivity index (χ0n) is 12.6. The Balaban J connectivity index is 2.05. The van der Waals surface area contributed by atoms with Crippen LogP contribution in [0.4, 0.5) is 5.69 Å². The summed E-state index contributed by atoms with van der Waals surface area (Å²) in [4.78, 5) is 45.1. The average Bonchev–Trinajstić information content (AvgIpc) is 2.95. The van der Waals surface area contributed by atoms with Crippen molar-refractivity contribution in [3.63, 3.8) is 0 Å². The first-order valence-electron chi connectivity index (χ1n) is 7.27. The maximum absolute atomic E-state index is 11.9. The summed E-state index contributed by atoms with van der Waals surface area (Å²) in [5.74, 6) is -0.980. The number of nitroso groups, excluding NO2 is 3. The molecule has 1 N–H and O–H groups in total. The lowest BCUT2D eigenvalue weighted by Gasteiger charge is -2.31. The zero-order valence-corrected chi connectivity index (χ0v) is 12.6. The van der Waals surface area contributed by atoms with Gasteiger partial charge in [0.25, 0.3) is 0 Å². The van der Waals surface area contributed by atoms with Crippen molar-refractivity contribution in [1.82, 2.24) is 0 Å². The third-order valence-electron chi connectivity index (χ3n) is 4.61. The van der Waals surface area contributed by atoms with Gasteiger partial charge in [-0.1, -0.05) is 5.18 Å². The number of nitrogens with zero attached hydrogens (tertiary/aromatic N) is 3. The normalized spacial score (nSPS) is 23.6. The molecule has 1 aromatic carbocycles. The first-order valence-corrected chi connectivity index (χ1v) is 7.27. The van der Waals surface area contributed by atoms with E-state index < -0.39 is 17.1 Å². The van der Waals surface area contributed by atoms with Gasteiger partial charge in [-0.25, -0.2) is 0 Å². The van der Waals surface area contributed by atoms with Crippen LogP contribution in [0, 0.1) is 14.7 Å².